The summed E-state index contributed by atoms with van der Waals surface area (Å²) in [4.78, 5) is 12.6. The number of ether oxygens (including phenoxy) is 2. The molecule has 0 N–H and O–H groups in total. The van der Waals surface area contributed by atoms with Gasteiger partial charge in [-0.1, -0.05) is 12.1 Å². The van der Waals surface area contributed by atoms with E-state index in [1.807, 2.05) is 0 Å². The molecule has 3 aromatic rings. The van der Waals surface area contributed by atoms with Crippen LogP contribution in [0.2, 0.25) is 0 Å². The van der Waals surface area contributed by atoms with Gasteiger partial charge in [0.1, 0.15) is 23.9 Å². The third-order valence-corrected chi connectivity index (χ3v) is 4.77. The molecule has 0 aliphatic carbocycles. The van der Waals surface area contributed by atoms with Crippen LogP contribution in [0, 0.1) is 41.8 Å². The molecule has 3 nitrogen and oxygen atoms in total. The Morgan fingerprint density at radius 1 is 0.906 bits per heavy atom. The van der Waals surface area contributed by atoms with Crippen LogP contribution < -0.4 is 9.47 Å². The predicted octanol–water partition coefficient (Wildman–Crippen LogP) is 6.02. The van der Waals surface area contributed by atoms with Gasteiger partial charge in [0.05, 0.1) is 11.1 Å². The van der Waals surface area contributed by atoms with E-state index in [1.165, 1.54) is 36.4 Å². The number of allylic oxidation sites excluding steroid dienone is 1. The molecule has 1 heterocycles. The van der Waals surface area contributed by atoms with Crippen molar-refractivity contribution in [2.24, 2.45) is 0 Å². The average molecular weight is 450 g/mol. The molecular weight excluding hydrogens is 438 g/mol. The van der Waals surface area contributed by atoms with Gasteiger partial charge in [-0.25, -0.2) is 26.3 Å². The summed E-state index contributed by atoms with van der Waals surface area (Å²) in [6.07, 6.45) is 1.35. The monoisotopic (exact) mass is 450 g/mol. The second-order valence-electron chi connectivity index (χ2n) is 6.95. The molecule has 0 spiro atoms. The molecule has 0 fully saturated rings. The second kappa shape index (κ2) is 8.07. The van der Waals surface area contributed by atoms with Crippen molar-refractivity contribution >= 4 is 11.9 Å². The van der Waals surface area contributed by atoms with Crippen LogP contribution in [0.15, 0.2) is 42.2 Å². The summed E-state index contributed by atoms with van der Waals surface area (Å²) in [6, 6.07) is 8.09. The molecule has 1 aliphatic rings. The smallest absolute Gasteiger partial charge is 0.232 e. The maximum atomic E-state index is 13.8. The first kappa shape index (κ1) is 21.5. The Hall–Kier alpha value is -3.75. The Balaban J connectivity index is 1.61. The minimum Gasteiger partial charge on any atom is -0.489 e. The Bertz CT molecular complexity index is 1270. The number of aryl methyl sites for hydroxylation is 1. The van der Waals surface area contributed by atoms with E-state index < -0.39 is 52.9 Å². The fourth-order valence-corrected chi connectivity index (χ4v) is 3.24. The summed E-state index contributed by atoms with van der Waals surface area (Å²) in [5, 5.41) is 0. The first-order valence-corrected chi connectivity index (χ1v) is 9.15. The van der Waals surface area contributed by atoms with Crippen molar-refractivity contribution in [1.82, 2.24) is 0 Å². The highest BCUT2D eigenvalue weighted by atomic mass is 19.2. The summed E-state index contributed by atoms with van der Waals surface area (Å²) in [7, 11) is 0. The minimum atomic E-state index is -2.26. The first-order valence-electron chi connectivity index (χ1n) is 9.15. The zero-order valence-corrected chi connectivity index (χ0v) is 16.2. The molecule has 0 saturated heterocycles. The van der Waals surface area contributed by atoms with Crippen molar-refractivity contribution in [2.75, 3.05) is 0 Å². The number of carbonyl (C=O) groups excluding carboxylic acids is 1. The lowest BCUT2D eigenvalue weighted by molar-refractivity contribution is 0.101. The molecule has 0 radical (unpaired) electrons. The van der Waals surface area contributed by atoms with E-state index in [4.69, 9.17) is 9.47 Å². The first-order chi connectivity index (χ1) is 15.2. The Morgan fingerprint density at radius 2 is 1.56 bits per heavy atom. The van der Waals surface area contributed by atoms with Gasteiger partial charge < -0.3 is 9.47 Å². The highest BCUT2D eigenvalue weighted by molar-refractivity contribution is 6.15. The lowest BCUT2D eigenvalue weighted by Crippen LogP contribution is -2.10. The molecule has 32 heavy (non-hydrogen) atoms. The summed E-state index contributed by atoms with van der Waals surface area (Å²) in [6.45, 7) is 0.598. The van der Waals surface area contributed by atoms with Crippen molar-refractivity contribution in [1.29, 1.82) is 0 Å². The number of carbonyl (C=O) groups is 1. The van der Waals surface area contributed by atoms with Crippen molar-refractivity contribution < 1.29 is 40.6 Å². The molecular formula is C23H12F6O3. The highest BCUT2D eigenvalue weighted by Crippen LogP contribution is 2.38. The maximum absolute atomic E-state index is 13.8. The van der Waals surface area contributed by atoms with Gasteiger partial charge in [0.15, 0.2) is 29.0 Å². The van der Waals surface area contributed by atoms with Gasteiger partial charge in [0.2, 0.25) is 11.6 Å². The summed E-state index contributed by atoms with van der Waals surface area (Å²) in [5.41, 5.74) is -0.149. The molecule has 4 rings (SSSR count). The normalized spacial score (nSPS) is 14.0. The Kier molecular flexibility index (Phi) is 5.41. The van der Waals surface area contributed by atoms with E-state index in [-0.39, 0.29) is 22.8 Å². The number of hydrogen-bond acceptors (Lipinski definition) is 3. The summed E-state index contributed by atoms with van der Waals surface area (Å²) >= 11 is 0. The van der Waals surface area contributed by atoms with E-state index >= 15 is 0 Å². The van der Waals surface area contributed by atoms with Crippen LogP contribution in [0.4, 0.5) is 26.3 Å². The number of hydrogen-bond donors (Lipinski definition) is 0. The molecule has 0 aromatic heterocycles. The van der Waals surface area contributed by atoms with E-state index in [0.29, 0.717) is 11.1 Å². The topological polar surface area (TPSA) is 35.5 Å². The van der Waals surface area contributed by atoms with Gasteiger partial charge >= 0.3 is 0 Å². The van der Waals surface area contributed by atoms with E-state index in [0.717, 1.165) is 0 Å². The van der Waals surface area contributed by atoms with Gasteiger partial charge in [-0.05, 0) is 42.3 Å². The van der Waals surface area contributed by atoms with Crippen molar-refractivity contribution in [3.05, 3.63) is 99.3 Å². The van der Waals surface area contributed by atoms with Gasteiger partial charge in [-0.3, -0.25) is 4.79 Å². The van der Waals surface area contributed by atoms with E-state index in [9.17, 15) is 31.1 Å². The predicted molar refractivity (Wildman–Crippen MR) is 101 cm³/mol. The zero-order valence-electron chi connectivity index (χ0n) is 16.2. The Labute approximate surface area is 177 Å². The number of benzene rings is 3. The van der Waals surface area contributed by atoms with Crippen molar-refractivity contribution in [2.45, 2.75) is 13.5 Å². The van der Waals surface area contributed by atoms with Gasteiger partial charge in [-0.15, -0.1) is 0 Å². The second-order valence-corrected chi connectivity index (χ2v) is 6.95. The summed E-state index contributed by atoms with van der Waals surface area (Å²) < 4.78 is 91.7. The molecule has 0 atom stereocenters. The highest BCUT2D eigenvalue weighted by Gasteiger charge is 2.30. The number of halogens is 6. The van der Waals surface area contributed by atoms with Crippen molar-refractivity contribution in [3.8, 4) is 11.5 Å². The van der Waals surface area contributed by atoms with E-state index in [2.05, 4.69) is 0 Å². The summed E-state index contributed by atoms with van der Waals surface area (Å²) in [5.74, 6) is -11.4. The van der Waals surface area contributed by atoms with Crippen LogP contribution in [0.5, 0.6) is 11.5 Å². The minimum absolute atomic E-state index is 0.0232. The quantitative estimate of drug-likeness (QED) is 0.211. The van der Waals surface area contributed by atoms with Gasteiger partial charge in [0.25, 0.3) is 0 Å². The zero-order chi connectivity index (χ0) is 23.2. The molecule has 164 valence electrons. The lowest BCUT2D eigenvalue weighted by atomic mass is 10.0. The third kappa shape index (κ3) is 3.70. The van der Waals surface area contributed by atoms with Crippen LogP contribution >= 0.6 is 0 Å². The lowest BCUT2D eigenvalue weighted by Gasteiger charge is -2.11. The third-order valence-electron chi connectivity index (χ3n) is 4.77. The van der Waals surface area contributed by atoms with Crippen LogP contribution in [0.25, 0.3) is 6.08 Å². The van der Waals surface area contributed by atoms with Crippen LogP contribution in [-0.4, -0.2) is 5.78 Å². The van der Waals surface area contributed by atoms with Crippen molar-refractivity contribution in [3.63, 3.8) is 0 Å². The molecule has 0 unspecified atom stereocenters. The number of fused-ring (bicyclic) bond motifs is 1. The molecule has 9 heteroatoms. The van der Waals surface area contributed by atoms with Gasteiger partial charge in [0, 0.05) is 6.07 Å². The van der Waals surface area contributed by atoms with E-state index in [1.54, 1.807) is 13.0 Å². The van der Waals surface area contributed by atoms with Crippen LogP contribution in [0.1, 0.15) is 27.0 Å². The molecule has 0 bridgehead atoms. The molecule has 0 saturated carbocycles. The number of rotatable bonds is 4. The number of ketones is 1. The molecule has 1 aliphatic heterocycles. The van der Waals surface area contributed by atoms with Crippen LogP contribution in [0.3, 0.4) is 0 Å². The Morgan fingerprint density at radius 3 is 2.22 bits per heavy atom. The number of Topliss-reactive ketones (excluding diaryl/α,β-unsaturated/α-hetero) is 1. The SMILES string of the molecule is Cc1cc(OCc2c(F)c(F)c(F)c(F)c2F)cc2c1C(=O)/C(=C/c1cccc(F)c1)O2. The standard InChI is InChI=1S/C23H12F6O3/c1-10-5-13(31-9-14-18(25)20(27)22(29)21(28)19(14)26)8-15-17(10)23(30)16(32-15)7-11-3-2-4-12(24)6-11/h2-8H,9H2,1H3/b16-7-. The van der Waals surface area contributed by atoms with Crippen LogP contribution in [-0.2, 0) is 6.61 Å². The maximum Gasteiger partial charge on any atom is 0.232 e. The average Bonchev–Trinajstić information content (AvgIpc) is 3.06. The van der Waals surface area contributed by atoms with Gasteiger partial charge in [-0.2, -0.15) is 0 Å². The molecule has 3 aromatic carbocycles. The largest absolute Gasteiger partial charge is 0.489 e. The fourth-order valence-electron chi connectivity index (χ4n) is 3.24. The fraction of sp³-hybridized carbons (Fsp3) is 0.0870. The molecule has 0 amide bonds.